The van der Waals surface area contributed by atoms with Gasteiger partial charge in [-0.15, -0.1) is 0 Å². The van der Waals surface area contributed by atoms with Crippen molar-refractivity contribution in [1.82, 2.24) is 0 Å². The molecular formula is C20H15IN2O2. The second kappa shape index (κ2) is 6.15. The van der Waals surface area contributed by atoms with Gasteiger partial charge in [0.25, 0.3) is 11.8 Å². The molecular weight excluding hydrogens is 427 g/mol. The van der Waals surface area contributed by atoms with Gasteiger partial charge in [0.05, 0.1) is 11.3 Å². The molecule has 1 heterocycles. The number of hydrogen-bond acceptors (Lipinski definition) is 2. The zero-order chi connectivity index (χ0) is 17.6. The highest BCUT2D eigenvalue weighted by atomic mass is 127. The fourth-order valence-corrected chi connectivity index (χ4v) is 3.94. The van der Waals surface area contributed by atoms with Gasteiger partial charge < -0.3 is 10.2 Å². The highest BCUT2D eigenvalue weighted by molar-refractivity contribution is 14.1. The minimum absolute atomic E-state index is 0.0178. The lowest BCUT2D eigenvalue weighted by Crippen LogP contribution is -2.25. The minimum Gasteiger partial charge on any atom is -0.321 e. The molecule has 0 aliphatic carbocycles. The van der Waals surface area contributed by atoms with Gasteiger partial charge in [0.2, 0.25) is 0 Å². The molecule has 0 saturated heterocycles. The Morgan fingerprint density at radius 2 is 1.88 bits per heavy atom. The van der Waals surface area contributed by atoms with E-state index in [9.17, 15) is 9.59 Å². The van der Waals surface area contributed by atoms with Crippen LogP contribution in [-0.2, 0) is 0 Å². The number of anilines is 2. The molecule has 25 heavy (non-hydrogen) atoms. The molecule has 124 valence electrons. The van der Waals surface area contributed by atoms with E-state index in [2.05, 4.69) is 27.9 Å². The molecule has 1 aliphatic rings. The monoisotopic (exact) mass is 442 g/mol. The van der Waals surface area contributed by atoms with Crippen LogP contribution in [0.25, 0.3) is 10.8 Å². The third kappa shape index (κ3) is 2.50. The molecule has 0 unspecified atom stereocenters. The van der Waals surface area contributed by atoms with Gasteiger partial charge in [-0.3, -0.25) is 9.59 Å². The Kier molecular flexibility index (Phi) is 3.95. The fourth-order valence-electron chi connectivity index (χ4n) is 3.30. The molecule has 0 spiro atoms. The van der Waals surface area contributed by atoms with Crippen LogP contribution >= 0.6 is 22.6 Å². The summed E-state index contributed by atoms with van der Waals surface area (Å²) in [6.45, 7) is 2.58. The first kappa shape index (κ1) is 16.1. The van der Waals surface area contributed by atoms with Crippen LogP contribution < -0.4 is 10.2 Å². The number of benzene rings is 3. The van der Waals surface area contributed by atoms with Crippen LogP contribution in [0, 0.1) is 3.57 Å². The molecule has 4 rings (SSSR count). The predicted octanol–water partition coefficient (Wildman–Crippen LogP) is 4.68. The van der Waals surface area contributed by atoms with Gasteiger partial charge >= 0.3 is 0 Å². The highest BCUT2D eigenvalue weighted by Gasteiger charge is 2.29. The van der Waals surface area contributed by atoms with Crippen molar-refractivity contribution in [3.8, 4) is 0 Å². The SMILES string of the molecule is CCN1C(=O)c2cccc3c(NC(=O)c4ccccc4I)ccc1c23. The van der Waals surface area contributed by atoms with Crippen LogP contribution in [0.2, 0.25) is 0 Å². The van der Waals surface area contributed by atoms with Gasteiger partial charge in [-0.05, 0) is 59.8 Å². The quantitative estimate of drug-likeness (QED) is 0.600. The first-order chi connectivity index (χ1) is 12.1. The van der Waals surface area contributed by atoms with E-state index in [0.29, 0.717) is 17.7 Å². The average Bonchev–Trinajstić information content (AvgIpc) is 2.90. The van der Waals surface area contributed by atoms with E-state index < -0.39 is 0 Å². The van der Waals surface area contributed by atoms with Crippen LogP contribution in [0.15, 0.2) is 54.6 Å². The lowest BCUT2D eigenvalue weighted by atomic mass is 10.0. The minimum atomic E-state index is -0.151. The molecule has 0 fully saturated rings. The van der Waals surface area contributed by atoms with Crippen molar-refractivity contribution in [1.29, 1.82) is 0 Å². The Balaban J connectivity index is 1.81. The summed E-state index contributed by atoms with van der Waals surface area (Å²) in [7, 11) is 0. The lowest BCUT2D eigenvalue weighted by Gasteiger charge is -2.15. The summed E-state index contributed by atoms with van der Waals surface area (Å²) >= 11 is 2.16. The number of carbonyl (C=O) groups excluding carboxylic acids is 2. The van der Waals surface area contributed by atoms with Crippen molar-refractivity contribution in [3.63, 3.8) is 0 Å². The molecule has 3 aromatic carbocycles. The van der Waals surface area contributed by atoms with E-state index in [1.807, 2.05) is 55.5 Å². The largest absolute Gasteiger partial charge is 0.321 e. The first-order valence-corrected chi connectivity index (χ1v) is 9.13. The molecule has 0 atom stereocenters. The Bertz CT molecular complexity index is 1030. The Morgan fingerprint density at radius 1 is 1.08 bits per heavy atom. The highest BCUT2D eigenvalue weighted by Crippen LogP contribution is 2.40. The topological polar surface area (TPSA) is 49.4 Å². The molecule has 0 aromatic heterocycles. The van der Waals surface area contributed by atoms with Crippen LogP contribution in [0.5, 0.6) is 0 Å². The first-order valence-electron chi connectivity index (χ1n) is 8.05. The van der Waals surface area contributed by atoms with Gasteiger partial charge in [-0.25, -0.2) is 0 Å². The van der Waals surface area contributed by atoms with Gasteiger partial charge in [0.15, 0.2) is 0 Å². The zero-order valence-electron chi connectivity index (χ0n) is 13.5. The number of nitrogens with one attached hydrogen (secondary N) is 1. The van der Waals surface area contributed by atoms with Crippen molar-refractivity contribution in [2.45, 2.75) is 6.92 Å². The molecule has 1 N–H and O–H groups in total. The smallest absolute Gasteiger partial charge is 0.258 e. The maximum absolute atomic E-state index is 12.7. The molecule has 0 saturated carbocycles. The van der Waals surface area contributed by atoms with Crippen LogP contribution in [0.1, 0.15) is 27.6 Å². The number of halogens is 1. The van der Waals surface area contributed by atoms with E-state index in [1.54, 1.807) is 11.0 Å². The van der Waals surface area contributed by atoms with E-state index in [-0.39, 0.29) is 11.8 Å². The van der Waals surface area contributed by atoms with Crippen molar-refractivity contribution >= 4 is 56.6 Å². The van der Waals surface area contributed by atoms with Gasteiger partial charge in [-0.1, -0.05) is 24.3 Å². The molecule has 2 amide bonds. The van der Waals surface area contributed by atoms with Crippen LogP contribution in [0.4, 0.5) is 11.4 Å². The third-order valence-electron chi connectivity index (χ3n) is 4.47. The second-order valence-electron chi connectivity index (χ2n) is 5.84. The average molecular weight is 442 g/mol. The normalized spacial score (nSPS) is 12.7. The molecule has 1 aliphatic heterocycles. The van der Waals surface area contributed by atoms with E-state index >= 15 is 0 Å². The van der Waals surface area contributed by atoms with Crippen molar-refractivity contribution in [2.75, 3.05) is 16.8 Å². The van der Waals surface area contributed by atoms with Crippen LogP contribution in [-0.4, -0.2) is 18.4 Å². The lowest BCUT2D eigenvalue weighted by molar-refractivity contribution is 0.0992. The molecule has 3 aromatic rings. The molecule has 0 radical (unpaired) electrons. The second-order valence-corrected chi connectivity index (χ2v) is 7.01. The summed E-state index contributed by atoms with van der Waals surface area (Å²) in [4.78, 5) is 27.0. The van der Waals surface area contributed by atoms with E-state index in [0.717, 1.165) is 25.7 Å². The van der Waals surface area contributed by atoms with Gasteiger partial charge in [0, 0.05) is 32.1 Å². The third-order valence-corrected chi connectivity index (χ3v) is 5.41. The van der Waals surface area contributed by atoms with Gasteiger partial charge in [-0.2, -0.15) is 0 Å². The van der Waals surface area contributed by atoms with Crippen LogP contribution in [0.3, 0.4) is 0 Å². The zero-order valence-corrected chi connectivity index (χ0v) is 15.7. The molecule has 0 bridgehead atoms. The summed E-state index contributed by atoms with van der Waals surface area (Å²) in [6.07, 6.45) is 0. The molecule has 4 nitrogen and oxygen atoms in total. The van der Waals surface area contributed by atoms with E-state index in [4.69, 9.17) is 0 Å². The van der Waals surface area contributed by atoms with E-state index in [1.165, 1.54) is 0 Å². The number of carbonyl (C=O) groups is 2. The summed E-state index contributed by atoms with van der Waals surface area (Å²) < 4.78 is 0.899. The fraction of sp³-hybridized carbons (Fsp3) is 0.100. The maximum Gasteiger partial charge on any atom is 0.258 e. The summed E-state index contributed by atoms with van der Waals surface area (Å²) in [5, 5.41) is 4.80. The van der Waals surface area contributed by atoms with Crippen molar-refractivity contribution < 1.29 is 9.59 Å². The molecule has 5 heteroatoms. The summed E-state index contributed by atoms with van der Waals surface area (Å²) in [5.41, 5.74) is 2.96. The standard InChI is InChI=1S/C20H15IN2O2/c1-2-23-17-11-10-16(13-7-5-8-14(18(13)17)20(23)25)22-19(24)12-6-3-4-9-15(12)21/h3-11H,2H2,1H3,(H,22,24). The number of hydrogen-bond donors (Lipinski definition) is 1. The van der Waals surface area contributed by atoms with Crippen molar-refractivity contribution in [3.05, 3.63) is 69.3 Å². The van der Waals surface area contributed by atoms with Crippen molar-refractivity contribution in [2.24, 2.45) is 0 Å². The Labute approximate surface area is 159 Å². The Morgan fingerprint density at radius 3 is 2.64 bits per heavy atom. The Hall–Kier alpha value is -2.41. The summed E-state index contributed by atoms with van der Waals surface area (Å²) in [6, 6.07) is 16.9. The number of amides is 2. The number of nitrogens with zero attached hydrogens (tertiary/aromatic N) is 1. The predicted molar refractivity (Wildman–Crippen MR) is 108 cm³/mol. The maximum atomic E-state index is 12.7. The number of rotatable bonds is 3. The van der Waals surface area contributed by atoms with Gasteiger partial charge in [0.1, 0.15) is 0 Å². The summed E-state index contributed by atoms with van der Waals surface area (Å²) in [5.74, 6) is -0.133.